The fraction of sp³-hybridized carbons (Fsp3) is 0.304. The number of carbonyl (C=O) groups is 1. The van der Waals surface area contributed by atoms with Crippen molar-refractivity contribution in [2.45, 2.75) is 40.0 Å². The molecule has 178 valence electrons. The molecule has 1 amide bonds. The summed E-state index contributed by atoms with van der Waals surface area (Å²) in [7, 11) is 1.56. The summed E-state index contributed by atoms with van der Waals surface area (Å²) in [6, 6.07) is 7.60. The fourth-order valence-corrected chi connectivity index (χ4v) is 4.06. The minimum atomic E-state index is -4.69. The van der Waals surface area contributed by atoms with E-state index in [4.69, 9.17) is 0 Å². The van der Waals surface area contributed by atoms with E-state index in [1.165, 1.54) is 11.0 Å². The van der Waals surface area contributed by atoms with Gasteiger partial charge >= 0.3 is 6.18 Å². The van der Waals surface area contributed by atoms with Crippen LogP contribution in [0.5, 0.6) is 0 Å². The second-order valence-electron chi connectivity index (χ2n) is 8.04. The van der Waals surface area contributed by atoms with Gasteiger partial charge in [0.1, 0.15) is 0 Å². The zero-order valence-electron chi connectivity index (χ0n) is 19.0. The number of aromatic nitrogens is 5. The van der Waals surface area contributed by atoms with Gasteiger partial charge in [-0.15, -0.1) is 0 Å². The third kappa shape index (κ3) is 4.44. The van der Waals surface area contributed by atoms with Crippen LogP contribution >= 0.6 is 15.9 Å². The SMILES string of the molecule is CCn1ncc(Br)c1CN(C)C(=O)c1cc2nc(-c3ccc(C)c(C)c3)cc(C(F)(F)F)n2n1. The van der Waals surface area contributed by atoms with Crippen molar-refractivity contribution < 1.29 is 18.0 Å². The van der Waals surface area contributed by atoms with Gasteiger partial charge in [0.05, 0.1) is 28.6 Å². The third-order valence-electron chi connectivity index (χ3n) is 5.67. The highest BCUT2D eigenvalue weighted by atomic mass is 79.9. The molecule has 0 atom stereocenters. The third-order valence-corrected chi connectivity index (χ3v) is 6.33. The van der Waals surface area contributed by atoms with Crippen molar-refractivity contribution in [1.82, 2.24) is 29.3 Å². The van der Waals surface area contributed by atoms with E-state index in [1.54, 1.807) is 30.1 Å². The molecule has 0 saturated carbocycles. The molecule has 0 fully saturated rings. The topological polar surface area (TPSA) is 68.3 Å². The van der Waals surface area contributed by atoms with E-state index in [0.29, 0.717) is 16.6 Å². The Morgan fingerprint density at radius 1 is 1.15 bits per heavy atom. The van der Waals surface area contributed by atoms with Crippen molar-refractivity contribution in [3.8, 4) is 11.3 Å². The first kappa shape index (κ1) is 23.9. The van der Waals surface area contributed by atoms with Crippen molar-refractivity contribution in [2.75, 3.05) is 7.05 Å². The van der Waals surface area contributed by atoms with E-state index in [9.17, 15) is 18.0 Å². The Kier molecular flexibility index (Phi) is 6.24. The predicted octanol–water partition coefficient (Wildman–Crippen LogP) is 5.28. The van der Waals surface area contributed by atoms with Crippen LogP contribution in [0.25, 0.3) is 16.9 Å². The molecule has 0 N–H and O–H groups in total. The predicted molar refractivity (Wildman–Crippen MR) is 124 cm³/mol. The highest BCUT2D eigenvalue weighted by Gasteiger charge is 2.36. The Balaban J connectivity index is 1.75. The van der Waals surface area contributed by atoms with Gasteiger partial charge in [-0.2, -0.15) is 23.4 Å². The van der Waals surface area contributed by atoms with Crippen molar-refractivity contribution >= 4 is 27.5 Å². The van der Waals surface area contributed by atoms with Crippen LogP contribution in [0.3, 0.4) is 0 Å². The number of nitrogens with zero attached hydrogens (tertiary/aromatic N) is 6. The first-order chi connectivity index (χ1) is 16.0. The van der Waals surface area contributed by atoms with Crippen molar-refractivity contribution in [2.24, 2.45) is 0 Å². The Labute approximate surface area is 202 Å². The number of fused-ring (bicyclic) bond motifs is 1. The van der Waals surface area contributed by atoms with Crippen molar-refractivity contribution in [3.05, 3.63) is 69.2 Å². The van der Waals surface area contributed by atoms with Crippen LogP contribution in [0.15, 0.2) is 41.0 Å². The maximum atomic E-state index is 13.9. The minimum absolute atomic E-state index is 0.0559. The lowest BCUT2D eigenvalue weighted by Crippen LogP contribution is -2.28. The van der Waals surface area contributed by atoms with Gasteiger partial charge < -0.3 is 4.90 Å². The Morgan fingerprint density at radius 2 is 1.88 bits per heavy atom. The van der Waals surface area contributed by atoms with Gasteiger partial charge in [-0.25, -0.2) is 9.50 Å². The Hall–Kier alpha value is -3.21. The van der Waals surface area contributed by atoms with Crippen LogP contribution in [0.4, 0.5) is 13.2 Å². The lowest BCUT2D eigenvalue weighted by atomic mass is 10.0. The zero-order chi connectivity index (χ0) is 24.8. The summed E-state index contributed by atoms with van der Waals surface area (Å²) in [4.78, 5) is 18.8. The molecule has 3 heterocycles. The first-order valence-corrected chi connectivity index (χ1v) is 11.3. The molecule has 0 aliphatic carbocycles. The van der Waals surface area contributed by atoms with Crippen LogP contribution < -0.4 is 0 Å². The normalized spacial score (nSPS) is 11.9. The van der Waals surface area contributed by atoms with E-state index in [0.717, 1.165) is 27.4 Å². The lowest BCUT2D eigenvalue weighted by molar-refractivity contribution is -0.142. The molecular formula is C23H22BrF3N6O. The number of hydrogen-bond donors (Lipinski definition) is 0. The number of carbonyl (C=O) groups excluding carboxylic acids is 1. The summed E-state index contributed by atoms with van der Waals surface area (Å²) in [6.07, 6.45) is -3.05. The van der Waals surface area contributed by atoms with Gasteiger partial charge in [-0.3, -0.25) is 9.48 Å². The maximum Gasteiger partial charge on any atom is 0.433 e. The summed E-state index contributed by atoms with van der Waals surface area (Å²) >= 11 is 3.41. The van der Waals surface area contributed by atoms with E-state index in [2.05, 4.69) is 31.1 Å². The molecule has 0 aliphatic heterocycles. The summed E-state index contributed by atoms with van der Waals surface area (Å²) in [6.45, 7) is 6.54. The Bertz CT molecular complexity index is 1390. The number of alkyl halides is 3. The van der Waals surface area contributed by atoms with Crippen LogP contribution in [0.1, 0.15) is 39.9 Å². The van der Waals surface area contributed by atoms with Crippen LogP contribution in [-0.4, -0.2) is 42.2 Å². The first-order valence-electron chi connectivity index (χ1n) is 10.5. The van der Waals surface area contributed by atoms with Crippen LogP contribution in [0, 0.1) is 13.8 Å². The highest BCUT2D eigenvalue weighted by Crippen LogP contribution is 2.33. The smallest absolute Gasteiger partial charge is 0.334 e. The molecule has 7 nitrogen and oxygen atoms in total. The molecule has 11 heteroatoms. The summed E-state index contributed by atoms with van der Waals surface area (Å²) in [5.41, 5.74) is 2.27. The van der Waals surface area contributed by atoms with Gasteiger partial charge in [-0.05, 0) is 60.0 Å². The fourth-order valence-electron chi connectivity index (χ4n) is 3.64. The molecule has 3 aromatic heterocycles. The summed E-state index contributed by atoms with van der Waals surface area (Å²) in [5.74, 6) is -0.526. The van der Waals surface area contributed by atoms with Gasteiger partial charge in [0.2, 0.25) is 0 Å². The number of rotatable bonds is 5. The molecule has 0 spiro atoms. The number of halogens is 4. The molecule has 0 bridgehead atoms. The molecule has 0 saturated heterocycles. The molecule has 0 aliphatic rings. The standard InChI is InChI=1S/C23H22BrF3N6O/c1-5-32-19(16(24)11-28-32)12-31(4)22(34)18-10-21-29-17(15-7-6-13(2)14(3)8-15)9-20(23(25,26)27)33(21)30-18/h6-11H,5,12H2,1-4H3. The van der Waals surface area contributed by atoms with Crippen molar-refractivity contribution in [1.29, 1.82) is 0 Å². The molecule has 1 aromatic carbocycles. The lowest BCUT2D eigenvalue weighted by Gasteiger charge is -2.17. The summed E-state index contributed by atoms with van der Waals surface area (Å²) < 4.78 is 44.9. The largest absolute Gasteiger partial charge is 0.433 e. The number of hydrogen-bond acceptors (Lipinski definition) is 4. The maximum absolute atomic E-state index is 13.9. The molecule has 0 unspecified atom stereocenters. The van der Waals surface area contributed by atoms with E-state index in [1.807, 2.05) is 26.8 Å². The average Bonchev–Trinajstić information content (AvgIpc) is 3.37. The van der Waals surface area contributed by atoms with Gasteiger partial charge in [-0.1, -0.05) is 12.1 Å². The van der Waals surface area contributed by atoms with E-state index >= 15 is 0 Å². The quantitative estimate of drug-likeness (QED) is 0.349. The molecule has 0 radical (unpaired) electrons. The minimum Gasteiger partial charge on any atom is -0.334 e. The van der Waals surface area contributed by atoms with Crippen molar-refractivity contribution in [3.63, 3.8) is 0 Å². The monoisotopic (exact) mass is 534 g/mol. The van der Waals surface area contributed by atoms with Gasteiger partial charge in [0, 0.05) is 25.2 Å². The average molecular weight is 535 g/mol. The number of amides is 1. The molecule has 4 rings (SSSR count). The van der Waals surface area contributed by atoms with E-state index < -0.39 is 17.8 Å². The summed E-state index contributed by atoms with van der Waals surface area (Å²) in [5, 5.41) is 8.19. The second-order valence-corrected chi connectivity index (χ2v) is 8.89. The molecular weight excluding hydrogens is 513 g/mol. The Morgan fingerprint density at radius 3 is 2.53 bits per heavy atom. The van der Waals surface area contributed by atoms with Gasteiger partial charge in [0.25, 0.3) is 5.91 Å². The van der Waals surface area contributed by atoms with Crippen LogP contribution in [0.2, 0.25) is 0 Å². The molecule has 4 aromatic rings. The number of aryl methyl sites for hydroxylation is 3. The number of benzene rings is 1. The van der Waals surface area contributed by atoms with Crippen LogP contribution in [-0.2, 0) is 19.3 Å². The second kappa shape index (κ2) is 8.86. The van der Waals surface area contributed by atoms with Gasteiger partial charge in [0.15, 0.2) is 17.0 Å². The highest BCUT2D eigenvalue weighted by molar-refractivity contribution is 9.10. The zero-order valence-corrected chi connectivity index (χ0v) is 20.6. The molecule has 34 heavy (non-hydrogen) atoms. The van der Waals surface area contributed by atoms with E-state index in [-0.39, 0.29) is 23.6 Å².